The molecular weight excluding hydrogens is 356 g/mol. The van der Waals surface area contributed by atoms with Gasteiger partial charge in [0, 0.05) is 33.8 Å². The minimum atomic E-state index is -3.61. The Morgan fingerprint density at radius 2 is 1.84 bits per heavy atom. The van der Waals surface area contributed by atoms with Crippen LogP contribution < -0.4 is 0 Å². The smallest absolute Gasteiger partial charge is 0.269 e. The normalized spacial score (nSPS) is 14.9. The summed E-state index contributed by atoms with van der Waals surface area (Å²) in [6.45, 7) is 2.73. The Morgan fingerprint density at radius 1 is 1.12 bits per heavy atom. The van der Waals surface area contributed by atoms with Gasteiger partial charge in [0.25, 0.3) is 10.0 Å². The Morgan fingerprint density at radius 3 is 2.56 bits per heavy atom. The average Bonchev–Trinajstić information content (AvgIpc) is 2.83. The van der Waals surface area contributed by atoms with Crippen molar-refractivity contribution in [2.24, 2.45) is 0 Å². The number of hydrogen-bond acceptors (Lipinski definition) is 3. The van der Waals surface area contributed by atoms with Gasteiger partial charge in [-0.15, -0.1) is 0 Å². The van der Waals surface area contributed by atoms with Gasteiger partial charge in [-0.25, -0.2) is 12.4 Å². The van der Waals surface area contributed by atoms with E-state index in [1.54, 1.807) is 12.1 Å². The molecule has 4 rings (SSSR count). The third kappa shape index (κ3) is 2.34. The summed E-state index contributed by atoms with van der Waals surface area (Å²) in [5.74, 6) is 0. The van der Waals surface area contributed by atoms with Crippen molar-refractivity contribution in [3.05, 3.63) is 52.7 Å². The molecule has 3 aromatic rings. The maximum Gasteiger partial charge on any atom is 0.269 e. The Kier molecular flexibility index (Phi) is 3.72. The summed E-state index contributed by atoms with van der Waals surface area (Å²) >= 11 is 6.39. The third-order valence-electron chi connectivity index (χ3n) is 4.85. The molecule has 0 radical (unpaired) electrons. The van der Waals surface area contributed by atoms with Gasteiger partial charge in [-0.2, -0.15) is 0 Å². The van der Waals surface area contributed by atoms with E-state index in [9.17, 15) is 8.42 Å². The molecule has 25 heavy (non-hydrogen) atoms. The summed E-state index contributed by atoms with van der Waals surface area (Å²) < 4.78 is 28.0. The summed E-state index contributed by atoms with van der Waals surface area (Å²) in [6.07, 6.45) is 0.772. The van der Waals surface area contributed by atoms with E-state index in [1.807, 2.05) is 45.3 Å². The lowest BCUT2D eigenvalue weighted by molar-refractivity contribution is 0.414. The van der Waals surface area contributed by atoms with Gasteiger partial charge in [0.05, 0.1) is 10.4 Å². The lowest BCUT2D eigenvalue weighted by atomic mass is 10.00. The van der Waals surface area contributed by atoms with E-state index in [0.717, 1.165) is 46.3 Å². The molecular formula is C19H19ClN2O2S. The topological polar surface area (TPSA) is 42.3 Å². The monoisotopic (exact) mass is 374 g/mol. The molecule has 0 aliphatic carbocycles. The van der Waals surface area contributed by atoms with Crippen LogP contribution in [-0.2, 0) is 16.4 Å². The van der Waals surface area contributed by atoms with Gasteiger partial charge < -0.3 is 4.90 Å². The summed E-state index contributed by atoms with van der Waals surface area (Å²) in [7, 11) is 0.414. The van der Waals surface area contributed by atoms with Crippen molar-refractivity contribution in [3.8, 4) is 11.1 Å². The number of likely N-dealkylation sites (N-methyl/N-ethyl adjacent to an activating group) is 1. The van der Waals surface area contributed by atoms with Crippen molar-refractivity contribution in [2.75, 3.05) is 20.6 Å². The number of fused-ring (bicyclic) bond motifs is 2. The van der Waals surface area contributed by atoms with Crippen LogP contribution in [0.2, 0.25) is 5.02 Å². The number of hydrogen-bond donors (Lipinski definition) is 0. The van der Waals surface area contributed by atoms with E-state index in [1.165, 1.54) is 3.97 Å². The molecule has 0 atom stereocenters. The molecule has 1 aliphatic heterocycles. The Bertz CT molecular complexity index is 1110. The van der Waals surface area contributed by atoms with Crippen LogP contribution in [0, 0.1) is 6.92 Å². The Hall–Kier alpha value is -1.82. The Balaban J connectivity index is 2.14. The molecule has 0 N–H and O–H groups in total. The van der Waals surface area contributed by atoms with Crippen molar-refractivity contribution in [3.63, 3.8) is 0 Å². The van der Waals surface area contributed by atoms with E-state index < -0.39 is 10.0 Å². The molecule has 1 aromatic heterocycles. The van der Waals surface area contributed by atoms with E-state index in [2.05, 4.69) is 4.90 Å². The van der Waals surface area contributed by atoms with E-state index in [0.29, 0.717) is 9.92 Å². The van der Waals surface area contributed by atoms with Crippen LogP contribution in [0.5, 0.6) is 0 Å². The van der Waals surface area contributed by atoms with Crippen LogP contribution in [0.1, 0.15) is 11.3 Å². The SMILES string of the molecule is Cc1c(CCN(C)C)c2cc(Cl)cc3c2n1S(=O)(=O)c1ccccc1-3. The number of rotatable bonds is 3. The fraction of sp³-hybridized carbons (Fsp3) is 0.263. The summed E-state index contributed by atoms with van der Waals surface area (Å²) in [5.41, 5.74) is 4.17. The number of aromatic nitrogens is 1. The van der Waals surface area contributed by atoms with Crippen LogP contribution >= 0.6 is 11.6 Å². The zero-order chi connectivity index (χ0) is 17.9. The predicted molar refractivity (Wildman–Crippen MR) is 102 cm³/mol. The fourth-order valence-corrected chi connectivity index (χ4v) is 5.73. The fourth-order valence-electron chi connectivity index (χ4n) is 3.70. The van der Waals surface area contributed by atoms with Gasteiger partial charge in [0.1, 0.15) is 0 Å². The van der Waals surface area contributed by atoms with Crippen molar-refractivity contribution in [1.29, 1.82) is 0 Å². The van der Waals surface area contributed by atoms with E-state index in [4.69, 9.17) is 11.6 Å². The molecule has 0 unspecified atom stereocenters. The Labute approximate surface area is 152 Å². The highest BCUT2D eigenvalue weighted by Gasteiger charge is 2.33. The third-order valence-corrected chi connectivity index (χ3v) is 6.92. The molecule has 4 nitrogen and oxygen atoms in total. The van der Waals surface area contributed by atoms with E-state index in [-0.39, 0.29) is 0 Å². The van der Waals surface area contributed by atoms with Gasteiger partial charge in [0.2, 0.25) is 0 Å². The first-order chi connectivity index (χ1) is 11.8. The zero-order valence-corrected chi connectivity index (χ0v) is 15.9. The standard InChI is InChI=1S/C19H19ClN2O2S/c1-12-14(8-9-21(2)3)16-10-13(20)11-17-15-6-4-5-7-18(15)25(23,24)22(12)19(16)17/h4-7,10-11H,8-9H2,1-3H3. The second-order valence-corrected chi connectivity index (χ2v) is 8.92. The molecule has 2 aromatic carbocycles. The van der Waals surface area contributed by atoms with Crippen LogP contribution in [0.3, 0.4) is 0 Å². The molecule has 0 fully saturated rings. The lowest BCUT2D eigenvalue weighted by Gasteiger charge is -2.21. The molecule has 1 aliphatic rings. The summed E-state index contributed by atoms with van der Waals surface area (Å²) in [6, 6.07) is 10.9. The van der Waals surface area contributed by atoms with Crippen LogP contribution in [0.25, 0.3) is 22.0 Å². The molecule has 0 saturated carbocycles. The highest BCUT2D eigenvalue weighted by atomic mass is 35.5. The van der Waals surface area contributed by atoms with Crippen molar-refractivity contribution in [1.82, 2.24) is 8.87 Å². The van der Waals surface area contributed by atoms with Crippen LogP contribution in [0.15, 0.2) is 41.3 Å². The minimum absolute atomic E-state index is 0.337. The van der Waals surface area contributed by atoms with Gasteiger partial charge in [0.15, 0.2) is 0 Å². The summed E-state index contributed by atoms with van der Waals surface area (Å²) in [4.78, 5) is 2.43. The molecule has 0 saturated heterocycles. The zero-order valence-electron chi connectivity index (χ0n) is 14.4. The lowest BCUT2D eigenvalue weighted by Crippen LogP contribution is -2.19. The highest BCUT2D eigenvalue weighted by molar-refractivity contribution is 7.90. The van der Waals surface area contributed by atoms with Crippen LogP contribution in [0.4, 0.5) is 0 Å². The van der Waals surface area contributed by atoms with Crippen molar-refractivity contribution >= 4 is 32.5 Å². The first-order valence-electron chi connectivity index (χ1n) is 8.15. The second kappa shape index (κ2) is 5.59. The molecule has 0 bridgehead atoms. The van der Waals surface area contributed by atoms with Crippen molar-refractivity contribution < 1.29 is 8.42 Å². The second-order valence-electron chi connectivity index (χ2n) is 6.73. The maximum atomic E-state index is 13.3. The number of nitrogens with zero attached hydrogens (tertiary/aromatic N) is 2. The van der Waals surface area contributed by atoms with Gasteiger partial charge in [-0.3, -0.25) is 0 Å². The minimum Gasteiger partial charge on any atom is -0.309 e. The molecule has 0 spiro atoms. The quantitative estimate of drug-likeness (QED) is 0.545. The average molecular weight is 375 g/mol. The maximum absolute atomic E-state index is 13.3. The van der Waals surface area contributed by atoms with Crippen molar-refractivity contribution in [2.45, 2.75) is 18.2 Å². The van der Waals surface area contributed by atoms with E-state index >= 15 is 0 Å². The molecule has 0 amide bonds. The first kappa shape index (κ1) is 16.6. The van der Waals surface area contributed by atoms with Gasteiger partial charge >= 0.3 is 0 Å². The first-order valence-corrected chi connectivity index (χ1v) is 9.97. The summed E-state index contributed by atoms with van der Waals surface area (Å²) in [5, 5.41) is 1.56. The number of benzene rings is 2. The van der Waals surface area contributed by atoms with Gasteiger partial charge in [-0.05, 0) is 51.2 Å². The molecule has 130 valence electrons. The predicted octanol–water partition coefficient (Wildman–Crippen LogP) is 3.92. The highest BCUT2D eigenvalue weighted by Crippen LogP contribution is 2.44. The molecule has 2 heterocycles. The van der Waals surface area contributed by atoms with Gasteiger partial charge in [-0.1, -0.05) is 29.8 Å². The number of halogens is 1. The van der Waals surface area contributed by atoms with Crippen LogP contribution in [-0.4, -0.2) is 37.9 Å². The largest absolute Gasteiger partial charge is 0.309 e. The molecule has 6 heteroatoms.